The average Bonchev–Trinajstić information content (AvgIpc) is 2.44. The SMILES string of the molecule is CC(C)NC(=O)N1CCCC(OCc2cc(F)cc(F)c2)C1. The van der Waals surface area contributed by atoms with Gasteiger partial charge in [-0.15, -0.1) is 0 Å². The van der Waals surface area contributed by atoms with Crippen LogP contribution >= 0.6 is 0 Å². The second-order valence-electron chi connectivity index (χ2n) is 5.90. The van der Waals surface area contributed by atoms with E-state index in [-0.39, 0.29) is 24.8 Å². The molecular formula is C16H22F2N2O2. The molecule has 1 aromatic rings. The molecule has 0 aromatic heterocycles. The predicted molar refractivity (Wildman–Crippen MR) is 79.4 cm³/mol. The number of hydrogen-bond donors (Lipinski definition) is 1. The van der Waals surface area contributed by atoms with Gasteiger partial charge in [0.15, 0.2) is 0 Å². The smallest absolute Gasteiger partial charge is 0.317 e. The Labute approximate surface area is 129 Å². The number of carbonyl (C=O) groups is 1. The lowest BCUT2D eigenvalue weighted by Gasteiger charge is -2.33. The van der Waals surface area contributed by atoms with Gasteiger partial charge in [-0.2, -0.15) is 0 Å². The summed E-state index contributed by atoms with van der Waals surface area (Å²) in [5.41, 5.74) is 0.459. The van der Waals surface area contributed by atoms with Gasteiger partial charge in [0.25, 0.3) is 0 Å². The van der Waals surface area contributed by atoms with E-state index in [1.807, 2.05) is 13.8 Å². The van der Waals surface area contributed by atoms with E-state index in [9.17, 15) is 13.6 Å². The monoisotopic (exact) mass is 312 g/mol. The number of piperidine rings is 1. The molecule has 4 nitrogen and oxygen atoms in total. The van der Waals surface area contributed by atoms with Crippen LogP contribution in [0, 0.1) is 11.6 Å². The summed E-state index contributed by atoms with van der Waals surface area (Å²) in [5.74, 6) is -1.22. The summed E-state index contributed by atoms with van der Waals surface area (Å²) in [6, 6.07) is 3.34. The number of ether oxygens (including phenoxy) is 1. The van der Waals surface area contributed by atoms with Gasteiger partial charge < -0.3 is 15.0 Å². The Balaban J connectivity index is 1.86. The van der Waals surface area contributed by atoms with Crippen LogP contribution in [0.3, 0.4) is 0 Å². The zero-order chi connectivity index (χ0) is 16.1. The van der Waals surface area contributed by atoms with Gasteiger partial charge in [0, 0.05) is 25.2 Å². The number of halogens is 2. The lowest BCUT2D eigenvalue weighted by molar-refractivity contribution is -0.000666. The van der Waals surface area contributed by atoms with E-state index in [0.717, 1.165) is 18.9 Å². The fourth-order valence-corrected chi connectivity index (χ4v) is 2.51. The van der Waals surface area contributed by atoms with Crippen LogP contribution in [0.4, 0.5) is 13.6 Å². The zero-order valence-corrected chi connectivity index (χ0v) is 12.9. The van der Waals surface area contributed by atoms with E-state index < -0.39 is 11.6 Å². The maximum atomic E-state index is 13.1. The highest BCUT2D eigenvalue weighted by Gasteiger charge is 2.24. The van der Waals surface area contributed by atoms with Crippen molar-refractivity contribution < 1.29 is 18.3 Å². The van der Waals surface area contributed by atoms with Crippen LogP contribution in [-0.2, 0) is 11.3 Å². The molecule has 0 radical (unpaired) electrons. The molecule has 1 atom stereocenters. The van der Waals surface area contributed by atoms with Crippen molar-refractivity contribution in [2.45, 2.75) is 45.4 Å². The van der Waals surface area contributed by atoms with E-state index in [1.54, 1.807) is 4.90 Å². The summed E-state index contributed by atoms with van der Waals surface area (Å²) in [6.45, 7) is 5.16. The topological polar surface area (TPSA) is 41.6 Å². The van der Waals surface area contributed by atoms with E-state index in [4.69, 9.17) is 4.74 Å². The minimum Gasteiger partial charge on any atom is -0.372 e. The van der Waals surface area contributed by atoms with Gasteiger partial charge in [0.05, 0.1) is 12.7 Å². The second kappa shape index (κ2) is 7.54. The Hall–Kier alpha value is -1.69. The van der Waals surface area contributed by atoms with E-state index in [2.05, 4.69) is 5.32 Å². The van der Waals surface area contributed by atoms with Crippen molar-refractivity contribution in [3.8, 4) is 0 Å². The van der Waals surface area contributed by atoms with Gasteiger partial charge in [0.1, 0.15) is 11.6 Å². The fraction of sp³-hybridized carbons (Fsp3) is 0.562. The van der Waals surface area contributed by atoms with Gasteiger partial charge in [-0.1, -0.05) is 0 Å². The van der Waals surface area contributed by atoms with Crippen molar-refractivity contribution in [3.05, 3.63) is 35.4 Å². The molecule has 1 heterocycles. The lowest BCUT2D eigenvalue weighted by atomic mass is 10.1. The Morgan fingerprint density at radius 1 is 1.36 bits per heavy atom. The van der Waals surface area contributed by atoms with Crippen LogP contribution in [0.15, 0.2) is 18.2 Å². The molecule has 1 N–H and O–H groups in total. The van der Waals surface area contributed by atoms with Crippen LogP contribution < -0.4 is 5.32 Å². The Bertz CT molecular complexity index is 503. The molecular weight excluding hydrogens is 290 g/mol. The highest BCUT2D eigenvalue weighted by Crippen LogP contribution is 2.16. The molecule has 1 unspecified atom stereocenters. The van der Waals surface area contributed by atoms with Gasteiger partial charge >= 0.3 is 6.03 Å². The first kappa shape index (κ1) is 16.7. The molecule has 6 heteroatoms. The maximum absolute atomic E-state index is 13.1. The number of hydrogen-bond acceptors (Lipinski definition) is 2. The molecule has 0 bridgehead atoms. The second-order valence-corrected chi connectivity index (χ2v) is 5.90. The Kier molecular flexibility index (Phi) is 5.71. The maximum Gasteiger partial charge on any atom is 0.317 e. The van der Waals surface area contributed by atoms with E-state index in [1.165, 1.54) is 12.1 Å². The third-order valence-electron chi connectivity index (χ3n) is 3.49. The highest BCUT2D eigenvalue weighted by atomic mass is 19.1. The van der Waals surface area contributed by atoms with Crippen molar-refractivity contribution >= 4 is 6.03 Å². The quantitative estimate of drug-likeness (QED) is 0.928. The average molecular weight is 312 g/mol. The summed E-state index contributed by atoms with van der Waals surface area (Å²) in [5, 5.41) is 2.85. The standard InChI is InChI=1S/C16H22F2N2O2/c1-11(2)19-16(21)20-5-3-4-15(9-20)22-10-12-6-13(17)8-14(18)7-12/h6-8,11,15H,3-5,9-10H2,1-2H3,(H,19,21). The van der Waals surface area contributed by atoms with E-state index >= 15 is 0 Å². The van der Waals surface area contributed by atoms with Crippen molar-refractivity contribution in [2.75, 3.05) is 13.1 Å². The Morgan fingerprint density at radius 3 is 2.68 bits per heavy atom. The van der Waals surface area contributed by atoms with Gasteiger partial charge in [0.2, 0.25) is 0 Å². The first-order chi connectivity index (χ1) is 10.4. The summed E-state index contributed by atoms with van der Waals surface area (Å²) in [7, 11) is 0. The first-order valence-electron chi connectivity index (χ1n) is 7.56. The molecule has 1 fully saturated rings. The molecule has 122 valence electrons. The molecule has 1 saturated heterocycles. The van der Waals surface area contributed by atoms with Crippen molar-refractivity contribution in [3.63, 3.8) is 0 Å². The van der Waals surface area contributed by atoms with Crippen LogP contribution in [0.25, 0.3) is 0 Å². The number of benzene rings is 1. The number of urea groups is 1. The van der Waals surface area contributed by atoms with Gasteiger partial charge in [-0.3, -0.25) is 0 Å². The third-order valence-corrected chi connectivity index (χ3v) is 3.49. The summed E-state index contributed by atoms with van der Waals surface area (Å²) >= 11 is 0. The van der Waals surface area contributed by atoms with Crippen LogP contribution in [0.2, 0.25) is 0 Å². The number of rotatable bonds is 4. The normalized spacial score (nSPS) is 18.6. The molecule has 0 saturated carbocycles. The number of nitrogens with one attached hydrogen (secondary N) is 1. The highest BCUT2D eigenvalue weighted by molar-refractivity contribution is 5.74. The largest absolute Gasteiger partial charge is 0.372 e. The Morgan fingerprint density at radius 2 is 2.05 bits per heavy atom. The number of carbonyl (C=O) groups excluding carboxylic acids is 1. The molecule has 1 aliphatic rings. The molecule has 2 amide bonds. The summed E-state index contributed by atoms with van der Waals surface area (Å²) < 4.78 is 32.0. The third kappa shape index (κ3) is 4.94. The number of nitrogens with zero attached hydrogens (tertiary/aromatic N) is 1. The van der Waals surface area contributed by atoms with Gasteiger partial charge in [-0.25, -0.2) is 13.6 Å². The molecule has 1 aliphatic heterocycles. The first-order valence-corrected chi connectivity index (χ1v) is 7.56. The lowest BCUT2D eigenvalue weighted by Crippen LogP contribution is -2.49. The van der Waals surface area contributed by atoms with E-state index in [0.29, 0.717) is 18.7 Å². The number of likely N-dealkylation sites (tertiary alicyclic amines) is 1. The van der Waals surface area contributed by atoms with Crippen molar-refractivity contribution in [2.24, 2.45) is 0 Å². The van der Waals surface area contributed by atoms with Gasteiger partial charge in [-0.05, 0) is 44.4 Å². The molecule has 1 aromatic carbocycles. The van der Waals surface area contributed by atoms with Crippen LogP contribution in [-0.4, -0.2) is 36.2 Å². The zero-order valence-electron chi connectivity index (χ0n) is 12.9. The predicted octanol–water partition coefficient (Wildman–Crippen LogP) is 3.06. The van der Waals surface area contributed by atoms with Crippen LogP contribution in [0.5, 0.6) is 0 Å². The minimum atomic E-state index is -0.611. The van der Waals surface area contributed by atoms with Crippen molar-refractivity contribution in [1.82, 2.24) is 10.2 Å². The molecule has 22 heavy (non-hydrogen) atoms. The van der Waals surface area contributed by atoms with Crippen molar-refractivity contribution in [1.29, 1.82) is 0 Å². The summed E-state index contributed by atoms with van der Waals surface area (Å²) in [4.78, 5) is 13.7. The molecule has 0 aliphatic carbocycles. The number of amides is 2. The summed E-state index contributed by atoms with van der Waals surface area (Å²) in [6.07, 6.45) is 1.58. The fourth-order valence-electron chi connectivity index (χ4n) is 2.51. The molecule has 0 spiro atoms. The minimum absolute atomic E-state index is 0.0871. The molecule has 2 rings (SSSR count). The van der Waals surface area contributed by atoms with Crippen LogP contribution in [0.1, 0.15) is 32.3 Å².